The first-order chi connectivity index (χ1) is 10.3. The third-order valence-electron chi connectivity index (χ3n) is 3.52. The van der Waals surface area contributed by atoms with Crippen LogP contribution in [-0.4, -0.2) is 45.1 Å². The Morgan fingerprint density at radius 2 is 2.29 bits per heavy atom. The number of ether oxygens (including phenoxy) is 1. The van der Waals surface area contributed by atoms with E-state index in [2.05, 4.69) is 14.6 Å². The molecule has 1 fully saturated rings. The first kappa shape index (κ1) is 14.1. The highest BCUT2D eigenvalue weighted by atomic mass is 32.1. The molecule has 1 unspecified atom stereocenters. The van der Waals surface area contributed by atoms with Crippen molar-refractivity contribution in [2.75, 3.05) is 19.7 Å². The third kappa shape index (κ3) is 2.93. The van der Waals surface area contributed by atoms with Crippen molar-refractivity contribution < 1.29 is 9.53 Å². The summed E-state index contributed by atoms with van der Waals surface area (Å²) >= 11 is 1.17. The molecule has 3 heterocycles. The molecule has 0 bridgehead atoms. The highest BCUT2D eigenvalue weighted by Gasteiger charge is 2.28. The largest absolute Gasteiger partial charge is 0.370 e. The van der Waals surface area contributed by atoms with Crippen molar-refractivity contribution in [2.45, 2.75) is 19.4 Å². The molecule has 1 aliphatic rings. The summed E-state index contributed by atoms with van der Waals surface area (Å²) in [6.45, 7) is 3.66. The quantitative estimate of drug-likeness (QED) is 0.863. The van der Waals surface area contributed by atoms with Crippen molar-refractivity contribution >= 4 is 17.4 Å². The van der Waals surface area contributed by atoms with E-state index >= 15 is 0 Å². The topological polar surface area (TPSA) is 68.2 Å². The highest BCUT2D eigenvalue weighted by Crippen LogP contribution is 2.24. The normalized spacial score (nSPS) is 18.7. The monoisotopic (exact) mass is 304 g/mol. The van der Waals surface area contributed by atoms with Crippen LogP contribution in [0.5, 0.6) is 0 Å². The van der Waals surface area contributed by atoms with Crippen LogP contribution in [0.3, 0.4) is 0 Å². The predicted octanol–water partition coefficient (Wildman–Crippen LogP) is 1.71. The van der Waals surface area contributed by atoms with E-state index < -0.39 is 0 Å². The number of aryl methyl sites for hydroxylation is 1. The summed E-state index contributed by atoms with van der Waals surface area (Å²) in [6, 6.07) is 3.84. The van der Waals surface area contributed by atoms with Crippen LogP contribution < -0.4 is 0 Å². The zero-order valence-electron chi connectivity index (χ0n) is 11.7. The molecule has 6 nitrogen and oxygen atoms in total. The summed E-state index contributed by atoms with van der Waals surface area (Å²) in [5.74, 6) is 0.00389. The molecule has 1 atom stereocenters. The van der Waals surface area contributed by atoms with Gasteiger partial charge in [-0.25, -0.2) is 0 Å². The molecule has 3 rings (SSSR count). The zero-order chi connectivity index (χ0) is 14.7. The Morgan fingerprint density at radius 1 is 1.48 bits per heavy atom. The summed E-state index contributed by atoms with van der Waals surface area (Å²) in [5.41, 5.74) is 1.82. The standard InChI is InChI=1S/C14H16N4O2S/c1-2-11-13(21-17-16-11)14(19)18-7-8-20-12(9-18)10-3-5-15-6-4-10/h3-6,12H,2,7-9H2,1H3. The predicted molar refractivity (Wildman–Crippen MR) is 78.1 cm³/mol. The lowest BCUT2D eigenvalue weighted by atomic mass is 10.1. The van der Waals surface area contributed by atoms with E-state index in [-0.39, 0.29) is 12.0 Å². The molecule has 1 aliphatic heterocycles. The average Bonchev–Trinajstić information content (AvgIpc) is 3.04. The maximum absolute atomic E-state index is 12.6. The molecule has 2 aromatic rings. The molecule has 0 saturated carbocycles. The minimum Gasteiger partial charge on any atom is -0.370 e. The Labute approximate surface area is 126 Å². The number of carbonyl (C=O) groups is 1. The second-order valence-electron chi connectivity index (χ2n) is 4.79. The lowest BCUT2D eigenvalue weighted by Crippen LogP contribution is -2.42. The van der Waals surface area contributed by atoms with Gasteiger partial charge in [-0.3, -0.25) is 9.78 Å². The van der Waals surface area contributed by atoms with Gasteiger partial charge in [-0.2, -0.15) is 0 Å². The molecule has 2 aromatic heterocycles. The lowest BCUT2D eigenvalue weighted by molar-refractivity contribution is -0.0227. The van der Waals surface area contributed by atoms with E-state index in [0.29, 0.717) is 24.6 Å². The van der Waals surface area contributed by atoms with Crippen molar-refractivity contribution in [3.63, 3.8) is 0 Å². The van der Waals surface area contributed by atoms with Crippen LogP contribution in [0.25, 0.3) is 0 Å². The number of rotatable bonds is 3. The molecule has 0 radical (unpaired) electrons. The molecule has 0 spiro atoms. The first-order valence-corrected chi connectivity index (χ1v) is 7.69. The minimum atomic E-state index is -0.100. The number of aromatic nitrogens is 3. The van der Waals surface area contributed by atoms with E-state index in [1.54, 1.807) is 12.4 Å². The molecule has 1 saturated heterocycles. The van der Waals surface area contributed by atoms with Gasteiger partial charge in [-0.1, -0.05) is 11.4 Å². The Bertz CT molecular complexity index is 616. The second-order valence-corrected chi connectivity index (χ2v) is 5.55. The maximum Gasteiger partial charge on any atom is 0.267 e. The molecule has 1 amide bonds. The average molecular weight is 304 g/mol. The van der Waals surface area contributed by atoms with E-state index in [1.807, 2.05) is 24.0 Å². The van der Waals surface area contributed by atoms with Crippen LogP contribution in [0.2, 0.25) is 0 Å². The number of morpholine rings is 1. The van der Waals surface area contributed by atoms with Crippen molar-refractivity contribution in [3.8, 4) is 0 Å². The Hall–Kier alpha value is -1.86. The van der Waals surface area contributed by atoms with Gasteiger partial charge in [-0.05, 0) is 35.6 Å². The molecule has 0 aliphatic carbocycles. The van der Waals surface area contributed by atoms with Crippen LogP contribution in [0.15, 0.2) is 24.5 Å². The first-order valence-electron chi connectivity index (χ1n) is 6.91. The van der Waals surface area contributed by atoms with Gasteiger partial charge in [0.2, 0.25) is 0 Å². The zero-order valence-corrected chi connectivity index (χ0v) is 12.5. The molecular weight excluding hydrogens is 288 g/mol. The number of hydrogen-bond acceptors (Lipinski definition) is 6. The van der Waals surface area contributed by atoms with Gasteiger partial charge in [0.15, 0.2) is 0 Å². The van der Waals surface area contributed by atoms with Gasteiger partial charge in [-0.15, -0.1) is 5.10 Å². The van der Waals surface area contributed by atoms with Crippen molar-refractivity contribution in [1.82, 2.24) is 19.5 Å². The Morgan fingerprint density at radius 3 is 3.05 bits per heavy atom. The van der Waals surface area contributed by atoms with Gasteiger partial charge in [0.25, 0.3) is 5.91 Å². The molecule has 110 valence electrons. The third-order valence-corrected chi connectivity index (χ3v) is 4.27. The maximum atomic E-state index is 12.6. The molecule has 0 N–H and O–H groups in total. The number of nitrogens with zero attached hydrogens (tertiary/aromatic N) is 4. The van der Waals surface area contributed by atoms with Crippen LogP contribution >= 0.6 is 11.5 Å². The van der Waals surface area contributed by atoms with E-state index in [0.717, 1.165) is 17.7 Å². The van der Waals surface area contributed by atoms with Crippen molar-refractivity contribution in [1.29, 1.82) is 0 Å². The summed E-state index contributed by atoms with van der Waals surface area (Å²) in [5, 5.41) is 4.01. The van der Waals surface area contributed by atoms with Crippen LogP contribution in [0.4, 0.5) is 0 Å². The number of amides is 1. The van der Waals surface area contributed by atoms with E-state index in [9.17, 15) is 4.79 Å². The summed E-state index contributed by atoms with van der Waals surface area (Å²) in [4.78, 5) is 19.1. The van der Waals surface area contributed by atoms with Crippen molar-refractivity contribution in [3.05, 3.63) is 40.7 Å². The van der Waals surface area contributed by atoms with Gasteiger partial charge in [0, 0.05) is 18.9 Å². The van der Waals surface area contributed by atoms with E-state index in [1.165, 1.54) is 11.5 Å². The molecule has 0 aromatic carbocycles. The SMILES string of the molecule is CCc1nnsc1C(=O)N1CCOC(c2ccncc2)C1. The summed E-state index contributed by atoms with van der Waals surface area (Å²) in [7, 11) is 0. The molecule has 21 heavy (non-hydrogen) atoms. The van der Waals surface area contributed by atoms with Gasteiger partial charge < -0.3 is 9.64 Å². The van der Waals surface area contributed by atoms with Crippen LogP contribution in [0.1, 0.15) is 34.0 Å². The second kappa shape index (κ2) is 6.28. The fourth-order valence-corrected chi connectivity index (χ4v) is 3.08. The Balaban J connectivity index is 1.76. The van der Waals surface area contributed by atoms with Gasteiger partial charge >= 0.3 is 0 Å². The van der Waals surface area contributed by atoms with Crippen molar-refractivity contribution in [2.24, 2.45) is 0 Å². The van der Waals surface area contributed by atoms with Gasteiger partial charge in [0.1, 0.15) is 11.0 Å². The summed E-state index contributed by atoms with van der Waals surface area (Å²) in [6.07, 6.45) is 4.09. The number of carbonyl (C=O) groups excluding carboxylic acids is 1. The van der Waals surface area contributed by atoms with Crippen LogP contribution in [-0.2, 0) is 11.2 Å². The van der Waals surface area contributed by atoms with Crippen LogP contribution in [0, 0.1) is 0 Å². The minimum absolute atomic E-state index is 0.00389. The summed E-state index contributed by atoms with van der Waals surface area (Å²) < 4.78 is 9.66. The molecule has 7 heteroatoms. The lowest BCUT2D eigenvalue weighted by Gasteiger charge is -2.32. The fourth-order valence-electron chi connectivity index (χ4n) is 2.36. The van der Waals surface area contributed by atoms with E-state index in [4.69, 9.17) is 4.74 Å². The Kier molecular flexibility index (Phi) is 4.21. The number of pyridine rings is 1. The highest BCUT2D eigenvalue weighted by molar-refractivity contribution is 7.08. The van der Waals surface area contributed by atoms with Gasteiger partial charge in [0.05, 0.1) is 18.8 Å². The fraction of sp³-hybridized carbons (Fsp3) is 0.429. The molecular formula is C14H16N4O2S. The smallest absolute Gasteiger partial charge is 0.267 e. The number of hydrogen-bond donors (Lipinski definition) is 0.